The number of anilines is 1. The number of likely N-dealkylation sites (tertiary alicyclic amines) is 1. The number of ether oxygens (including phenoxy) is 1. The Hall–Kier alpha value is -3.07. The molecular formula is C20H22N4O4S. The van der Waals surface area contributed by atoms with Crippen LogP contribution in [0, 0.1) is 5.92 Å². The van der Waals surface area contributed by atoms with Crippen LogP contribution < -0.4 is 15.2 Å². The molecule has 2 aromatic carbocycles. The molecule has 2 aliphatic heterocycles. The van der Waals surface area contributed by atoms with E-state index in [1.165, 1.54) is 12.1 Å². The molecule has 2 atom stereocenters. The Balaban J connectivity index is 1.42. The van der Waals surface area contributed by atoms with Crippen molar-refractivity contribution in [3.63, 3.8) is 0 Å². The zero-order valence-electron chi connectivity index (χ0n) is 15.7. The van der Waals surface area contributed by atoms with E-state index in [2.05, 4.69) is 9.12 Å². The van der Waals surface area contributed by atoms with Gasteiger partial charge in [0, 0.05) is 24.6 Å². The largest absolute Gasteiger partial charge is 0.508 e. The summed E-state index contributed by atoms with van der Waals surface area (Å²) in [6, 6.07) is 11.7. The molecule has 0 radical (unpaired) electrons. The molecule has 9 heteroatoms. The minimum absolute atomic E-state index is 0.0464. The first-order valence-electron chi connectivity index (χ1n) is 9.38. The highest BCUT2D eigenvalue weighted by Gasteiger charge is 2.26. The lowest BCUT2D eigenvalue weighted by Gasteiger charge is -2.33. The summed E-state index contributed by atoms with van der Waals surface area (Å²) in [5, 5.41) is 9.41. The van der Waals surface area contributed by atoms with Crippen molar-refractivity contribution < 1.29 is 18.8 Å². The molecule has 29 heavy (non-hydrogen) atoms. The summed E-state index contributed by atoms with van der Waals surface area (Å²) in [6.07, 6.45) is 1.86. The summed E-state index contributed by atoms with van der Waals surface area (Å²) in [7, 11) is 0. The first kappa shape index (κ1) is 19.3. The highest BCUT2D eigenvalue weighted by Crippen LogP contribution is 2.30. The van der Waals surface area contributed by atoms with Gasteiger partial charge in [0.25, 0.3) is 5.91 Å². The number of hydrogen-bond donors (Lipinski definition) is 3. The van der Waals surface area contributed by atoms with E-state index < -0.39 is 11.2 Å². The maximum Gasteiger partial charge on any atom is 0.253 e. The van der Waals surface area contributed by atoms with E-state index in [0.29, 0.717) is 42.3 Å². The van der Waals surface area contributed by atoms with Crippen molar-refractivity contribution >= 4 is 28.6 Å². The van der Waals surface area contributed by atoms with Crippen LogP contribution in [0.3, 0.4) is 0 Å². The number of phenolic OH excluding ortho intramolecular Hbond substituents is 1. The van der Waals surface area contributed by atoms with E-state index in [4.69, 9.17) is 10.5 Å². The molecule has 1 unspecified atom stereocenters. The van der Waals surface area contributed by atoms with Gasteiger partial charge < -0.3 is 20.5 Å². The smallest absolute Gasteiger partial charge is 0.253 e. The molecule has 4 N–H and O–H groups in total. The topological polar surface area (TPSA) is 117 Å². The van der Waals surface area contributed by atoms with Gasteiger partial charge >= 0.3 is 0 Å². The summed E-state index contributed by atoms with van der Waals surface area (Å²) >= 11 is -1.58. The molecule has 1 amide bonds. The van der Waals surface area contributed by atoms with E-state index in [1.807, 2.05) is 4.90 Å². The van der Waals surface area contributed by atoms with Gasteiger partial charge in [0.05, 0.1) is 17.9 Å². The third-order valence-electron chi connectivity index (χ3n) is 5.06. The van der Waals surface area contributed by atoms with Gasteiger partial charge in [0.1, 0.15) is 17.3 Å². The average molecular weight is 414 g/mol. The summed E-state index contributed by atoms with van der Waals surface area (Å²) in [5.41, 5.74) is 7.75. The van der Waals surface area contributed by atoms with Crippen LogP contribution >= 0.6 is 0 Å². The lowest BCUT2D eigenvalue weighted by molar-refractivity contribution is 0.0633. The Bertz CT molecular complexity index is 977. The molecule has 2 aliphatic rings. The number of benzene rings is 2. The number of carbonyl (C=O) groups is 1. The van der Waals surface area contributed by atoms with Gasteiger partial charge in [-0.2, -0.15) is 4.40 Å². The molecule has 0 aromatic heterocycles. The maximum absolute atomic E-state index is 12.7. The highest BCUT2D eigenvalue weighted by atomic mass is 32.2. The van der Waals surface area contributed by atoms with Crippen LogP contribution in [0.1, 0.15) is 28.8 Å². The van der Waals surface area contributed by atoms with Crippen LogP contribution in [0.2, 0.25) is 0 Å². The number of hydrogen-bond acceptors (Lipinski definition) is 5. The van der Waals surface area contributed by atoms with Crippen molar-refractivity contribution in [1.29, 1.82) is 0 Å². The average Bonchev–Trinajstić information content (AvgIpc) is 2.72. The number of nitrogens with zero attached hydrogens (tertiary/aromatic N) is 2. The summed E-state index contributed by atoms with van der Waals surface area (Å²) in [6.45, 7) is 1.74. The Labute approximate surface area is 171 Å². The van der Waals surface area contributed by atoms with E-state index in [9.17, 15) is 14.1 Å². The van der Waals surface area contributed by atoms with Crippen LogP contribution in [0.25, 0.3) is 0 Å². The first-order valence-corrected chi connectivity index (χ1v) is 10.5. The highest BCUT2D eigenvalue weighted by molar-refractivity contribution is 7.85. The fourth-order valence-electron chi connectivity index (χ4n) is 3.63. The normalized spacial score (nSPS) is 21.0. The lowest BCUT2D eigenvalue weighted by Crippen LogP contribution is -2.41. The van der Waals surface area contributed by atoms with Gasteiger partial charge in [-0.25, -0.2) is 4.21 Å². The Morgan fingerprint density at radius 2 is 2.10 bits per heavy atom. The fraction of sp³-hybridized carbons (Fsp3) is 0.300. The second-order valence-corrected chi connectivity index (χ2v) is 8.01. The quantitative estimate of drug-likeness (QED) is 0.708. The number of carbonyl (C=O) groups excluding carboxylic acids is 1. The zero-order chi connectivity index (χ0) is 20.4. The first-order chi connectivity index (χ1) is 14.0. The molecular weight excluding hydrogens is 392 g/mol. The molecule has 1 fully saturated rings. The van der Waals surface area contributed by atoms with Crippen LogP contribution in [-0.4, -0.2) is 45.7 Å². The number of fused-ring (bicyclic) bond motifs is 1. The van der Waals surface area contributed by atoms with Gasteiger partial charge in [-0.3, -0.25) is 9.52 Å². The number of phenols is 1. The minimum atomic E-state index is -1.58. The number of nitrogens with two attached hydrogens (primary N) is 1. The predicted molar refractivity (Wildman–Crippen MR) is 111 cm³/mol. The van der Waals surface area contributed by atoms with Gasteiger partial charge in [-0.05, 0) is 49.2 Å². The molecule has 0 saturated carbocycles. The Kier molecular flexibility index (Phi) is 5.39. The number of nitrogens with one attached hydrogen (secondary N) is 1. The molecule has 0 spiro atoms. The van der Waals surface area contributed by atoms with Crippen molar-refractivity contribution in [2.24, 2.45) is 16.0 Å². The maximum atomic E-state index is 12.7. The van der Waals surface area contributed by atoms with E-state index in [-0.39, 0.29) is 23.4 Å². The zero-order valence-corrected chi connectivity index (χ0v) is 16.5. The van der Waals surface area contributed by atoms with Gasteiger partial charge in [-0.15, -0.1) is 0 Å². The summed E-state index contributed by atoms with van der Waals surface area (Å²) < 4.78 is 24.3. The number of rotatable bonds is 4. The van der Waals surface area contributed by atoms with Crippen molar-refractivity contribution in [3.05, 3.63) is 53.6 Å². The van der Waals surface area contributed by atoms with Gasteiger partial charge in [0.2, 0.25) is 11.2 Å². The Morgan fingerprint density at radius 1 is 1.31 bits per heavy atom. The summed E-state index contributed by atoms with van der Waals surface area (Å²) in [4.78, 5) is 14.6. The molecule has 2 aromatic rings. The van der Waals surface area contributed by atoms with Crippen LogP contribution in [0.4, 0.5) is 5.69 Å². The molecule has 0 aliphatic carbocycles. The van der Waals surface area contributed by atoms with Crippen molar-refractivity contribution in [3.8, 4) is 11.5 Å². The molecule has 2 heterocycles. The van der Waals surface area contributed by atoms with Crippen molar-refractivity contribution in [2.45, 2.75) is 12.8 Å². The number of aromatic hydroxyl groups is 1. The van der Waals surface area contributed by atoms with Gasteiger partial charge in [-0.1, -0.05) is 6.07 Å². The van der Waals surface area contributed by atoms with Crippen LogP contribution in [0.15, 0.2) is 46.9 Å². The minimum Gasteiger partial charge on any atom is -0.508 e. The standard InChI is InChI=1S/C20H22N4O4S/c21-19-18-16(22-29(27)23-19)4-1-5-17(18)28-12-13-3-2-10-24(11-13)20(26)14-6-8-15(25)9-7-14/h1,4-9,13,22,25H,2-3,10-12H2,(H2,21,23)/t13-,29?/m0/s1. The predicted octanol–water partition coefficient (Wildman–Crippen LogP) is 2.03. The molecule has 8 nitrogen and oxygen atoms in total. The Morgan fingerprint density at radius 3 is 2.90 bits per heavy atom. The molecule has 152 valence electrons. The number of amides is 1. The molecule has 4 rings (SSSR count). The third kappa shape index (κ3) is 4.19. The fourth-order valence-corrected chi connectivity index (χ4v) is 4.31. The van der Waals surface area contributed by atoms with Gasteiger partial charge in [0.15, 0.2) is 0 Å². The lowest BCUT2D eigenvalue weighted by atomic mass is 9.98. The third-order valence-corrected chi connectivity index (χ3v) is 5.81. The SMILES string of the molecule is NC1=NS(=O)Nc2cccc(OC[C@H]3CCCN(C(=O)c4ccc(O)cc4)C3)c21. The summed E-state index contributed by atoms with van der Waals surface area (Å²) in [5.74, 6) is 1.04. The van der Waals surface area contributed by atoms with Crippen LogP contribution in [0.5, 0.6) is 11.5 Å². The second-order valence-electron chi connectivity index (χ2n) is 7.12. The molecule has 0 bridgehead atoms. The van der Waals surface area contributed by atoms with Crippen molar-refractivity contribution in [2.75, 3.05) is 24.4 Å². The van der Waals surface area contributed by atoms with Crippen molar-refractivity contribution in [1.82, 2.24) is 4.90 Å². The monoisotopic (exact) mass is 414 g/mol. The van der Waals surface area contributed by atoms with E-state index in [1.54, 1.807) is 30.3 Å². The second kappa shape index (κ2) is 8.12. The number of amidine groups is 1. The van der Waals surface area contributed by atoms with E-state index >= 15 is 0 Å². The molecule has 1 saturated heterocycles. The van der Waals surface area contributed by atoms with Crippen LogP contribution in [-0.2, 0) is 11.2 Å². The number of piperidine rings is 1. The van der Waals surface area contributed by atoms with E-state index in [0.717, 1.165) is 12.8 Å².